The molecule has 3 aromatic rings. The predicted octanol–water partition coefficient (Wildman–Crippen LogP) is 2.86. The van der Waals surface area contributed by atoms with Crippen molar-refractivity contribution in [2.75, 3.05) is 0 Å². The van der Waals surface area contributed by atoms with Gasteiger partial charge in [0.05, 0.1) is 11.8 Å². The number of hydrogen-bond donors (Lipinski definition) is 1. The van der Waals surface area contributed by atoms with E-state index in [1.54, 1.807) is 6.92 Å². The number of nitrogens with one attached hydrogen (secondary N) is 1. The zero-order valence-corrected chi connectivity index (χ0v) is 10.3. The predicted molar refractivity (Wildman–Crippen MR) is 65.3 cm³/mol. The second-order valence-corrected chi connectivity index (χ2v) is 5.01. The molecule has 3 rings (SSSR count). The molecule has 0 unspecified atom stereocenters. The van der Waals surface area contributed by atoms with Crippen LogP contribution in [0.1, 0.15) is 11.3 Å². The Kier molecular flexibility index (Phi) is 2.40. The lowest BCUT2D eigenvalue weighted by Gasteiger charge is -2.06. The van der Waals surface area contributed by atoms with Gasteiger partial charge in [-0.1, -0.05) is 0 Å². The minimum atomic E-state index is -4.50. The SMILES string of the molecule is Cc1cc(C(F)(F)F)nc2sc3c(=O)[nH]cnc3c12. The van der Waals surface area contributed by atoms with Gasteiger partial charge < -0.3 is 4.98 Å². The Labute approximate surface area is 107 Å². The zero-order chi connectivity index (χ0) is 13.8. The number of alkyl halides is 3. The van der Waals surface area contributed by atoms with Gasteiger partial charge >= 0.3 is 6.18 Å². The third kappa shape index (κ3) is 1.79. The molecule has 98 valence electrons. The second-order valence-electron chi connectivity index (χ2n) is 4.01. The summed E-state index contributed by atoms with van der Waals surface area (Å²) in [6, 6.07) is 0.970. The van der Waals surface area contributed by atoms with E-state index in [-0.39, 0.29) is 15.1 Å². The molecule has 4 nitrogen and oxygen atoms in total. The number of aromatic amines is 1. The number of hydrogen-bond acceptors (Lipinski definition) is 4. The smallest absolute Gasteiger partial charge is 0.312 e. The van der Waals surface area contributed by atoms with Crippen molar-refractivity contribution in [3.05, 3.63) is 34.0 Å². The monoisotopic (exact) mass is 285 g/mol. The standard InChI is InChI=1S/C11H6F3N3OS/c1-4-2-5(11(12,13)14)17-10-6(4)7-8(19-10)9(18)16-3-15-7/h2-3H,1H3,(H,15,16,18). The quantitative estimate of drug-likeness (QED) is 0.691. The molecule has 3 heterocycles. The van der Waals surface area contributed by atoms with Crippen LogP contribution < -0.4 is 5.56 Å². The van der Waals surface area contributed by atoms with Crippen LogP contribution in [0.15, 0.2) is 17.2 Å². The lowest BCUT2D eigenvalue weighted by atomic mass is 10.1. The molecule has 0 aliphatic carbocycles. The molecular weight excluding hydrogens is 279 g/mol. The zero-order valence-electron chi connectivity index (χ0n) is 9.50. The largest absolute Gasteiger partial charge is 0.433 e. The molecule has 0 amide bonds. The topological polar surface area (TPSA) is 58.6 Å². The molecule has 1 N–H and O–H groups in total. The average Bonchev–Trinajstić information content (AvgIpc) is 2.68. The molecule has 0 saturated carbocycles. The van der Waals surface area contributed by atoms with Crippen molar-refractivity contribution < 1.29 is 13.2 Å². The van der Waals surface area contributed by atoms with E-state index in [2.05, 4.69) is 15.0 Å². The molecule has 0 spiro atoms. The van der Waals surface area contributed by atoms with Crippen molar-refractivity contribution in [1.29, 1.82) is 0 Å². The first-order valence-electron chi connectivity index (χ1n) is 5.22. The Hall–Kier alpha value is -1.96. The number of aromatic nitrogens is 3. The van der Waals surface area contributed by atoms with Gasteiger partial charge in [0.15, 0.2) is 0 Å². The van der Waals surface area contributed by atoms with E-state index < -0.39 is 11.9 Å². The molecule has 8 heteroatoms. The van der Waals surface area contributed by atoms with Crippen molar-refractivity contribution in [2.45, 2.75) is 13.1 Å². The van der Waals surface area contributed by atoms with E-state index in [0.717, 1.165) is 17.4 Å². The lowest BCUT2D eigenvalue weighted by Crippen LogP contribution is -2.08. The molecule has 0 aromatic carbocycles. The number of pyridine rings is 1. The maximum atomic E-state index is 12.7. The van der Waals surface area contributed by atoms with Gasteiger partial charge in [0.25, 0.3) is 5.56 Å². The van der Waals surface area contributed by atoms with E-state index in [0.29, 0.717) is 16.5 Å². The van der Waals surface area contributed by atoms with Crippen LogP contribution in [0.3, 0.4) is 0 Å². The van der Waals surface area contributed by atoms with Crippen LogP contribution in [0.2, 0.25) is 0 Å². The Morgan fingerprint density at radius 2 is 2.11 bits per heavy atom. The number of rotatable bonds is 0. The fourth-order valence-electron chi connectivity index (χ4n) is 1.91. The number of halogens is 3. The number of aryl methyl sites for hydroxylation is 1. The number of fused-ring (bicyclic) bond motifs is 3. The van der Waals surface area contributed by atoms with Gasteiger partial charge in [0.2, 0.25) is 0 Å². The van der Waals surface area contributed by atoms with Crippen molar-refractivity contribution in [3.63, 3.8) is 0 Å². The Morgan fingerprint density at radius 3 is 2.79 bits per heavy atom. The van der Waals surface area contributed by atoms with E-state index in [9.17, 15) is 18.0 Å². The van der Waals surface area contributed by atoms with Crippen LogP contribution in [0.25, 0.3) is 20.4 Å². The van der Waals surface area contributed by atoms with Crippen molar-refractivity contribution >= 4 is 31.8 Å². The van der Waals surface area contributed by atoms with E-state index in [1.165, 1.54) is 6.33 Å². The van der Waals surface area contributed by atoms with Gasteiger partial charge in [-0.15, -0.1) is 11.3 Å². The number of thiophene rings is 1. The molecule has 0 fully saturated rings. The van der Waals surface area contributed by atoms with Crippen LogP contribution in [0, 0.1) is 6.92 Å². The van der Waals surface area contributed by atoms with Gasteiger partial charge in [-0.25, -0.2) is 9.97 Å². The Morgan fingerprint density at radius 1 is 1.37 bits per heavy atom. The first-order chi connectivity index (χ1) is 8.88. The Bertz CT molecular complexity index is 850. The highest BCUT2D eigenvalue weighted by Gasteiger charge is 2.33. The first-order valence-corrected chi connectivity index (χ1v) is 6.04. The highest BCUT2D eigenvalue weighted by atomic mass is 32.1. The molecule has 19 heavy (non-hydrogen) atoms. The summed E-state index contributed by atoms with van der Waals surface area (Å²) in [6.45, 7) is 1.55. The molecule has 0 radical (unpaired) electrons. The van der Waals surface area contributed by atoms with Gasteiger partial charge in [-0.05, 0) is 18.6 Å². The first kappa shape index (κ1) is 12.1. The van der Waals surface area contributed by atoms with Gasteiger partial charge in [0.1, 0.15) is 15.2 Å². The van der Waals surface area contributed by atoms with Crippen LogP contribution in [-0.2, 0) is 6.18 Å². The normalized spacial score (nSPS) is 12.4. The molecule has 3 aromatic heterocycles. The summed E-state index contributed by atoms with van der Waals surface area (Å²) in [6.07, 6.45) is -3.27. The third-order valence-electron chi connectivity index (χ3n) is 2.72. The van der Waals surface area contributed by atoms with E-state index >= 15 is 0 Å². The molecule has 0 aliphatic heterocycles. The maximum Gasteiger partial charge on any atom is 0.433 e. The van der Waals surface area contributed by atoms with Crippen LogP contribution in [0.4, 0.5) is 13.2 Å². The van der Waals surface area contributed by atoms with Crippen LogP contribution >= 0.6 is 11.3 Å². The van der Waals surface area contributed by atoms with Crippen molar-refractivity contribution in [1.82, 2.24) is 15.0 Å². The highest BCUT2D eigenvalue weighted by Crippen LogP contribution is 2.35. The third-order valence-corrected chi connectivity index (χ3v) is 3.79. The molecule has 0 aliphatic rings. The summed E-state index contributed by atoms with van der Waals surface area (Å²) < 4.78 is 38.4. The van der Waals surface area contributed by atoms with Crippen molar-refractivity contribution in [3.8, 4) is 0 Å². The Balaban J connectivity index is 2.48. The highest BCUT2D eigenvalue weighted by molar-refractivity contribution is 7.25. The minimum absolute atomic E-state index is 0.173. The second kappa shape index (κ2) is 3.77. The lowest BCUT2D eigenvalue weighted by molar-refractivity contribution is -0.140. The summed E-state index contributed by atoms with van der Waals surface area (Å²) >= 11 is 0.915. The summed E-state index contributed by atoms with van der Waals surface area (Å²) in [4.78, 5) is 21.8. The number of nitrogens with zero attached hydrogens (tertiary/aromatic N) is 2. The summed E-state index contributed by atoms with van der Waals surface area (Å²) in [7, 11) is 0. The summed E-state index contributed by atoms with van der Waals surface area (Å²) in [5.74, 6) is 0. The summed E-state index contributed by atoms with van der Waals surface area (Å²) in [5, 5.41) is 0.499. The van der Waals surface area contributed by atoms with E-state index in [4.69, 9.17) is 0 Å². The fraction of sp³-hybridized carbons (Fsp3) is 0.182. The molecule has 0 bridgehead atoms. The molecule has 0 saturated heterocycles. The van der Waals surface area contributed by atoms with Gasteiger partial charge in [0, 0.05) is 5.39 Å². The van der Waals surface area contributed by atoms with Crippen LogP contribution in [-0.4, -0.2) is 15.0 Å². The van der Waals surface area contributed by atoms with Crippen molar-refractivity contribution in [2.24, 2.45) is 0 Å². The van der Waals surface area contributed by atoms with Gasteiger partial charge in [-0.2, -0.15) is 13.2 Å². The maximum absolute atomic E-state index is 12.7. The minimum Gasteiger partial charge on any atom is -0.312 e. The fourth-order valence-corrected chi connectivity index (χ4v) is 3.01. The number of H-pyrrole nitrogens is 1. The summed E-state index contributed by atoms with van der Waals surface area (Å²) in [5.41, 5.74) is -0.536. The van der Waals surface area contributed by atoms with Gasteiger partial charge in [-0.3, -0.25) is 4.79 Å². The average molecular weight is 285 g/mol. The molecular formula is C11H6F3N3OS. The molecule has 0 atom stereocenters. The van der Waals surface area contributed by atoms with Crippen LogP contribution in [0.5, 0.6) is 0 Å². The van der Waals surface area contributed by atoms with E-state index in [1.807, 2.05) is 0 Å².